The Morgan fingerprint density at radius 1 is 0.917 bits per heavy atom. The lowest BCUT2D eigenvalue weighted by molar-refractivity contribution is -0.142. The van der Waals surface area contributed by atoms with Gasteiger partial charge >= 0.3 is 5.97 Å². The molecule has 0 aliphatic carbocycles. The molecule has 5 nitrogen and oxygen atoms in total. The summed E-state index contributed by atoms with van der Waals surface area (Å²) in [7, 11) is 0. The Morgan fingerprint density at radius 2 is 1.42 bits per heavy atom. The normalized spacial score (nSPS) is 11.9. The van der Waals surface area contributed by atoms with E-state index >= 15 is 0 Å². The largest absolute Gasteiger partial charge is 0.480 e. The Balaban J connectivity index is 3.51. The first-order valence-electron chi connectivity index (χ1n) is 9.49. The van der Waals surface area contributed by atoms with E-state index in [1.165, 1.54) is 51.4 Å². The Morgan fingerprint density at radius 3 is 1.88 bits per heavy atom. The summed E-state index contributed by atoms with van der Waals surface area (Å²) in [5.74, 6) is -1.35. The Bertz CT molecular complexity index is 344. The molecule has 0 unspecified atom stereocenters. The third-order valence-corrected chi connectivity index (χ3v) is 4.18. The number of nitrogens with one attached hydrogen (secondary N) is 1. The van der Waals surface area contributed by atoms with Crippen LogP contribution in [-0.4, -0.2) is 29.3 Å². The number of carboxylic acid groups (broad SMARTS) is 1. The minimum atomic E-state index is -1.10. The van der Waals surface area contributed by atoms with Crippen LogP contribution >= 0.6 is 0 Å². The molecule has 0 heterocycles. The van der Waals surface area contributed by atoms with E-state index in [0.717, 1.165) is 19.3 Å². The third-order valence-electron chi connectivity index (χ3n) is 4.18. The molecule has 0 saturated heterocycles. The molecule has 139 valence electrons. The second kappa shape index (κ2) is 16.5. The van der Waals surface area contributed by atoms with E-state index in [1.807, 2.05) is 0 Å². The number of unbranched alkanes of at least 4 members (excludes halogenated alkanes) is 10. The Kier molecular flexibility index (Phi) is 15.5. The van der Waals surface area contributed by atoms with Crippen molar-refractivity contribution in [1.82, 2.24) is 5.32 Å². The number of hydrogen-bond donors (Lipinski definition) is 2. The van der Waals surface area contributed by atoms with Crippen molar-refractivity contribution < 1.29 is 19.5 Å². The van der Waals surface area contributed by atoms with Crippen LogP contribution < -0.4 is 5.32 Å². The summed E-state index contributed by atoms with van der Waals surface area (Å²) in [5.41, 5.74) is 0. The Hall–Kier alpha value is -1.39. The molecule has 0 saturated carbocycles. The molecule has 1 atom stereocenters. The van der Waals surface area contributed by atoms with Crippen LogP contribution in [0.25, 0.3) is 0 Å². The van der Waals surface area contributed by atoms with Gasteiger partial charge in [0.15, 0.2) is 6.29 Å². The molecule has 0 rings (SSSR count). The molecule has 0 spiro atoms. The first-order valence-corrected chi connectivity index (χ1v) is 9.49. The van der Waals surface area contributed by atoms with Gasteiger partial charge < -0.3 is 10.4 Å². The maximum absolute atomic E-state index is 11.7. The molecule has 0 aliphatic heterocycles. The van der Waals surface area contributed by atoms with Crippen molar-refractivity contribution in [2.24, 2.45) is 0 Å². The fraction of sp³-hybridized carbons (Fsp3) is 0.842. The number of carbonyl (C=O) groups is 2. The second-order valence-electron chi connectivity index (χ2n) is 6.43. The van der Waals surface area contributed by atoms with E-state index in [4.69, 9.17) is 5.11 Å². The molecule has 0 aromatic heterocycles. The van der Waals surface area contributed by atoms with E-state index in [-0.39, 0.29) is 18.7 Å². The van der Waals surface area contributed by atoms with Crippen LogP contribution in [0.3, 0.4) is 0 Å². The van der Waals surface area contributed by atoms with Crippen LogP contribution in [0.1, 0.15) is 96.8 Å². The topological polar surface area (TPSA) is 83.5 Å². The predicted octanol–water partition coefficient (Wildman–Crippen LogP) is 4.15. The van der Waals surface area contributed by atoms with E-state index < -0.39 is 12.0 Å². The zero-order valence-electron chi connectivity index (χ0n) is 15.1. The standard InChI is InChI=1S/C19H34NO4/c1-2-3-4-5-6-7-8-9-10-11-12-15-18(22)20-17(19(23)24)14-13-16-21/h17H,2-15H2,1H3,(H,20,22)(H,23,24)/t17-/m0/s1. The van der Waals surface area contributed by atoms with Crippen molar-refractivity contribution >= 4 is 18.2 Å². The zero-order chi connectivity index (χ0) is 18.0. The lowest BCUT2D eigenvalue weighted by atomic mass is 10.1. The van der Waals surface area contributed by atoms with Gasteiger partial charge in [0.05, 0.1) is 0 Å². The van der Waals surface area contributed by atoms with E-state index in [2.05, 4.69) is 12.2 Å². The number of carboxylic acids is 1. The molecule has 1 amide bonds. The molecule has 5 heteroatoms. The monoisotopic (exact) mass is 340 g/mol. The minimum Gasteiger partial charge on any atom is -0.480 e. The molecule has 1 radical (unpaired) electrons. The van der Waals surface area contributed by atoms with Gasteiger partial charge in [0.2, 0.25) is 5.91 Å². The first-order chi connectivity index (χ1) is 11.6. The molecule has 0 aromatic rings. The number of hydrogen-bond acceptors (Lipinski definition) is 3. The molecule has 0 aromatic carbocycles. The van der Waals surface area contributed by atoms with Gasteiger partial charge in [-0.15, -0.1) is 0 Å². The highest BCUT2D eigenvalue weighted by atomic mass is 16.4. The van der Waals surface area contributed by atoms with Crippen molar-refractivity contribution in [2.75, 3.05) is 0 Å². The van der Waals surface area contributed by atoms with Crippen molar-refractivity contribution in [1.29, 1.82) is 0 Å². The zero-order valence-corrected chi connectivity index (χ0v) is 15.1. The van der Waals surface area contributed by atoms with Gasteiger partial charge in [-0.05, 0) is 12.8 Å². The predicted molar refractivity (Wildman–Crippen MR) is 95.6 cm³/mol. The smallest absolute Gasteiger partial charge is 0.326 e. The maximum atomic E-state index is 11.7. The summed E-state index contributed by atoms with van der Waals surface area (Å²) in [5, 5.41) is 11.4. The van der Waals surface area contributed by atoms with Gasteiger partial charge in [-0.2, -0.15) is 0 Å². The highest BCUT2D eigenvalue weighted by Crippen LogP contribution is 2.12. The average Bonchev–Trinajstić information content (AvgIpc) is 2.56. The van der Waals surface area contributed by atoms with Crippen molar-refractivity contribution in [3.63, 3.8) is 0 Å². The van der Waals surface area contributed by atoms with E-state index in [1.54, 1.807) is 6.29 Å². The van der Waals surface area contributed by atoms with Crippen LogP contribution in [0, 0.1) is 0 Å². The van der Waals surface area contributed by atoms with Gasteiger partial charge in [0.25, 0.3) is 0 Å². The maximum Gasteiger partial charge on any atom is 0.326 e. The minimum absolute atomic E-state index is 0.0235. The number of carbonyl (C=O) groups excluding carboxylic acids is 2. The Labute approximate surface area is 146 Å². The SMILES string of the molecule is CCCCCCCCCCCCCC(=O)N[C@@H](CC[C]=O)C(=O)O. The summed E-state index contributed by atoms with van der Waals surface area (Å²) in [6.07, 6.45) is 15.5. The van der Waals surface area contributed by atoms with Gasteiger partial charge in [0.1, 0.15) is 6.04 Å². The van der Waals surface area contributed by atoms with Crippen LogP contribution in [0.4, 0.5) is 0 Å². The first kappa shape index (κ1) is 22.6. The van der Waals surface area contributed by atoms with Crippen LogP contribution in [0.5, 0.6) is 0 Å². The number of aliphatic carboxylic acids is 1. The van der Waals surface area contributed by atoms with Crippen molar-refractivity contribution in [2.45, 2.75) is 103 Å². The van der Waals surface area contributed by atoms with Crippen molar-refractivity contribution in [3.8, 4) is 0 Å². The summed E-state index contributed by atoms with van der Waals surface area (Å²) in [6.45, 7) is 2.23. The van der Waals surface area contributed by atoms with Gasteiger partial charge in [-0.25, -0.2) is 4.79 Å². The van der Waals surface area contributed by atoms with E-state index in [9.17, 15) is 14.4 Å². The number of amides is 1. The summed E-state index contributed by atoms with van der Waals surface area (Å²) < 4.78 is 0. The second-order valence-corrected chi connectivity index (χ2v) is 6.43. The van der Waals surface area contributed by atoms with Gasteiger partial charge in [0, 0.05) is 12.8 Å². The van der Waals surface area contributed by atoms with Crippen molar-refractivity contribution in [3.05, 3.63) is 0 Å². The third kappa shape index (κ3) is 14.2. The lowest BCUT2D eigenvalue weighted by Gasteiger charge is -2.12. The molecule has 2 N–H and O–H groups in total. The fourth-order valence-electron chi connectivity index (χ4n) is 2.68. The van der Waals surface area contributed by atoms with Gasteiger partial charge in [-0.3, -0.25) is 9.59 Å². The quantitative estimate of drug-likeness (QED) is 0.390. The van der Waals surface area contributed by atoms with E-state index in [0.29, 0.717) is 6.42 Å². The van der Waals surface area contributed by atoms with Crippen LogP contribution in [-0.2, 0) is 14.4 Å². The molecular formula is C19H34NO4. The molecule has 24 heavy (non-hydrogen) atoms. The highest BCUT2D eigenvalue weighted by molar-refractivity contribution is 5.83. The summed E-state index contributed by atoms with van der Waals surface area (Å²) in [6, 6.07) is -0.980. The average molecular weight is 340 g/mol. The molecule has 0 fully saturated rings. The molecular weight excluding hydrogens is 306 g/mol. The fourth-order valence-corrected chi connectivity index (χ4v) is 2.68. The molecule has 0 aliphatic rings. The van der Waals surface area contributed by atoms with Crippen LogP contribution in [0.15, 0.2) is 0 Å². The number of rotatable bonds is 17. The lowest BCUT2D eigenvalue weighted by Crippen LogP contribution is -2.40. The summed E-state index contributed by atoms with van der Waals surface area (Å²) >= 11 is 0. The molecule has 0 bridgehead atoms. The van der Waals surface area contributed by atoms with Crippen LogP contribution in [0.2, 0.25) is 0 Å². The van der Waals surface area contributed by atoms with Gasteiger partial charge in [-0.1, -0.05) is 71.1 Å². The highest BCUT2D eigenvalue weighted by Gasteiger charge is 2.18. The summed E-state index contributed by atoms with van der Waals surface area (Å²) in [4.78, 5) is 32.8.